The second-order valence-electron chi connectivity index (χ2n) is 8.82. The molecule has 0 bridgehead atoms. The van der Waals surface area contributed by atoms with E-state index in [0.717, 1.165) is 58.8 Å². The van der Waals surface area contributed by atoms with Crippen molar-refractivity contribution in [1.82, 2.24) is 29.5 Å². The quantitative estimate of drug-likeness (QED) is 0.486. The number of fused-ring (bicyclic) bond motifs is 1. The molecular weight excluding hydrogens is 430 g/mol. The molecule has 3 aromatic rings. The first-order valence-corrected chi connectivity index (χ1v) is 11.8. The number of rotatable bonds is 7. The maximum absolute atomic E-state index is 9.22. The van der Waals surface area contributed by atoms with E-state index in [1.165, 1.54) is 0 Å². The number of anilines is 1. The van der Waals surface area contributed by atoms with Gasteiger partial charge in [-0.1, -0.05) is 13.8 Å². The third-order valence-corrected chi connectivity index (χ3v) is 6.13. The molecule has 34 heavy (non-hydrogen) atoms. The first-order chi connectivity index (χ1) is 16.4. The lowest BCUT2D eigenvalue weighted by atomic mass is 9.85. The minimum absolute atomic E-state index is 0.0351. The number of hydrogen-bond donors (Lipinski definition) is 3. The van der Waals surface area contributed by atoms with E-state index in [1.54, 1.807) is 18.7 Å². The SMILES string of the molecule is CCn1c(-c2cnc(C)nc2)nc2c(NC3CCC(=NCCO)C(=C(N)C(C)C)C3)ncnc21. The predicted octanol–water partition coefficient (Wildman–Crippen LogP) is 2.88. The van der Waals surface area contributed by atoms with Crippen LogP contribution in [0.15, 0.2) is 35.0 Å². The van der Waals surface area contributed by atoms with E-state index < -0.39 is 0 Å². The van der Waals surface area contributed by atoms with Crippen LogP contribution in [-0.4, -0.2) is 59.5 Å². The molecule has 3 heterocycles. The molecule has 3 aromatic heterocycles. The second-order valence-corrected chi connectivity index (χ2v) is 8.82. The highest BCUT2D eigenvalue weighted by molar-refractivity contribution is 6.01. The molecule has 180 valence electrons. The van der Waals surface area contributed by atoms with Gasteiger partial charge in [-0.2, -0.15) is 0 Å². The topological polar surface area (TPSA) is 140 Å². The maximum atomic E-state index is 9.22. The van der Waals surface area contributed by atoms with Gasteiger partial charge in [-0.3, -0.25) is 4.99 Å². The third-order valence-electron chi connectivity index (χ3n) is 6.13. The van der Waals surface area contributed by atoms with Gasteiger partial charge in [0.2, 0.25) is 0 Å². The van der Waals surface area contributed by atoms with E-state index in [2.05, 4.69) is 55.6 Å². The van der Waals surface area contributed by atoms with E-state index >= 15 is 0 Å². The smallest absolute Gasteiger partial charge is 0.165 e. The minimum atomic E-state index is 0.0351. The molecule has 1 unspecified atom stereocenters. The molecule has 1 saturated carbocycles. The van der Waals surface area contributed by atoms with Gasteiger partial charge in [0, 0.05) is 36.4 Å². The van der Waals surface area contributed by atoms with E-state index in [9.17, 15) is 5.11 Å². The van der Waals surface area contributed by atoms with Gasteiger partial charge in [0.1, 0.15) is 18.0 Å². The lowest BCUT2D eigenvalue weighted by Gasteiger charge is -2.29. The van der Waals surface area contributed by atoms with Gasteiger partial charge in [-0.05, 0) is 44.6 Å². The van der Waals surface area contributed by atoms with Crippen LogP contribution in [0.4, 0.5) is 5.82 Å². The van der Waals surface area contributed by atoms with Crippen molar-refractivity contribution in [2.45, 2.75) is 59.5 Å². The van der Waals surface area contributed by atoms with Crippen LogP contribution in [0.2, 0.25) is 0 Å². The fourth-order valence-electron chi connectivity index (χ4n) is 4.31. The Bertz CT molecular complexity index is 1210. The summed E-state index contributed by atoms with van der Waals surface area (Å²) in [7, 11) is 0. The summed E-state index contributed by atoms with van der Waals surface area (Å²) in [4.78, 5) is 27.2. The lowest BCUT2D eigenvalue weighted by molar-refractivity contribution is 0.306. The molecule has 10 heteroatoms. The first kappa shape index (κ1) is 23.7. The van der Waals surface area contributed by atoms with Crippen LogP contribution in [0.5, 0.6) is 0 Å². The van der Waals surface area contributed by atoms with Gasteiger partial charge in [-0.15, -0.1) is 0 Å². The Morgan fingerprint density at radius 2 is 2.03 bits per heavy atom. The van der Waals surface area contributed by atoms with E-state index in [0.29, 0.717) is 24.7 Å². The summed E-state index contributed by atoms with van der Waals surface area (Å²) in [5.74, 6) is 2.41. The Hall–Kier alpha value is -3.40. The Morgan fingerprint density at radius 1 is 1.26 bits per heavy atom. The molecule has 1 fully saturated rings. The molecule has 0 aliphatic heterocycles. The summed E-state index contributed by atoms with van der Waals surface area (Å²) in [6.07, 6.45) is 7.57. The van der Waals surface area contributed by atoms with Crippen molar-refractivity contribution in [1.29, 1.82) is 0 Å². The van der Waals surface area contributed by atoms with Crippen LogP contribution >= 0.6 is 0 Å². The Kier molecular flexibility index (Phi) is 7.16. The zero-order valence-electron chi connectivity index (χ0n) is 20.3. The number of allylic oxidation sites excluding steroid dienone is 1. The molecule has 4 rings (SSSR count). The number of aromatic nitrogens is 6. The van der Waals surface area contributed by atoms with Gasteiger partial charge >= 0.3 is 0 Å². The van der Waals surface area contributed by atoms with E-state index in [1.807, 2.05) is 6.92 Å². The van der Waals surface area contributed by atoms with Crippen molar-refractivity contribution in [3.8, 4) is 11.4 Å². The van der Waals surface area contributed by atoms with Crippen molar-refractivity contribution in [3.63, 3.8) is 0 Å². The van der Waals surface area contributed by atoms with Crippen LogP contribution < -0.4 is 11.1 Å². The average molecular weight is 464 g/mol. The zero-order chi connectivity index (χ0) is 24.2. The highest BCUT2D eigenvalue weighted by Gasteiger charge is 2.26. The largest absolute Gasteiger partial charge is 0.402 e. The second kappa shape index (κ2) is 10.3. The van der Waals surface area contributed by atoms with E-state index in [4.69, 9.17) is 10.7 Å². The molecular formula is C24H33N9O. The molecule has 4 N–H and O–H groups in total. The van der Waals surface area contributed by atoms with Crippen molar-refractivity contribution in [3.05, 3.63) is 35.8 Å². The summed E-state index contributed by atoms with van der Waals surface area (Å²) < 4.78 is 2.05. The van der Waals surface area contributed by atoms with Crippen molar-refractivity contribution < 1.29 is 5.11 Å². The molecule has 1 aliphatic rings. The van der Waals surface area contributed by atoms with Crippen LogP contribution in [0, 0.1) is 12.8 Å². The fraction of sp³-hybridized carbons (Fsp3) is 0.500. The fourth-order valence-corrected chi connectivity index (χ4v) is 4.31. The Balaban J connectivity index is 1.67. The van der Waals surface area contributed by atoms with Crippen molar-refractivity contribution in [2.75, 3.05) is 18.5 Å². The van der Waals surface area contributed by atoms with E-state index in [-0.39, 0.29) is 18.6 Å². The van der Waals surface area contributed by atoms with Crippen LogP contribution in [0.1, 0.15) is 45.9 Å². The third kappa shape index (κ3) is 4.77. The Labute approximate surface area is 199 Å². The number of aliphatic hydroxyl groups is 1. The average Bonchev–Trinajstić information content (AvgIpc) is 3.22. The van der Waals surface area contributed by atoms with Crippen molar-refractivity contribution in [2.24, 2.45) is 16.6 Å². The number of nitrogens with two attached hydrogens (primary N) is 1. The molecule has 1 atom stereocenters. The maximum Gasteiger partial charge on any atom is 0.165 e. The molecule has 10 nitrogen and oxygen atoms in total. The number of nitrogens with one attached hydrogen (secondary N) is 1. The molecule has 0 aromatic carbocycles. The standard InChI is InChI=1S/C24H33N9O/c1-5-33-23(16-11-27-15(4)28-12-16)32-21-22(29-13-30-24(21)33)31-17-6-7-19(26-8-9-34)18(10-17)20(25)14(2)3/h11-14,17,34H,5-10,25H2,1-4H3,(H,29,30,31). The molecule has 0 radical (unpaired) electrons. The van der Waals surface area contributed by atoms with Crippen LogP contribution in [0.25, 0.3) is 22.6 Å². The Morgan fingerprint density at radius 3 is 2.71 bits per heavy atom. The first-order valence-electron chi connectivity index (χ1n) is 11.8. The normalized spacial score (nSPS) is 19.2. The minimum Gasteiger partial charge on any atom is -0.402 e. The van der Waals surface area contributed by atoms with Crippen LogP contribution in [0.3, 0.4) is 0 Å². The van der Waals surface area contributed by atoms with Gasteiger partial charge in [-0.25, -0.2) is 24.9 Å². The number of hydrogen-bond acceptors (Lipinski definition) is 9. The summed E-state index contributed by atoms with van der Waals surface area (Å²) in [5.41, 5.74) is 11.7. The summed E-state index contributed by atoms with van der Waals surface area (Å²) in [6.45, 7) is 9.24. The molecule has 1 aliphatic carbocycles. The lowest BCUT2D eigenvalue weighted by Crippen LogP contribution is -2.31. The van der Waals surface area contributed by atoms with Gasteiger partial charge in [0.25, 0.3) is 0 Å². The predicted molar refractivity (Wildman–Crippen MR) is 133 cm³/mol. The van der Waals surface area contributed by atoms with Gasteiger partial charge in [0.15, 0.2) is 17.0 Å². The summed E-state index contributed by atoms with van der Waals surface area (Å²) >= 11 is 0. The van der Waals surface area contributed by atoms with Crippen LogP contribution in [-0.2, 0) is 6.54 Å². The number of imidazole rings is 1. The molecule has 0 amide bonds. The molecule has 0 spiro atoms. The zero-order valence-corrected chi connectivity index (χ0v) is 20.3. The van der Waals surface area contributed by atoms with Gasteiger partial charge < -0.3 is 20.7 Å². The van der Waals surface area contributed by atoms with Gasteiger partial charge in [0.05, 0.1) is 18.7 Å². The molecule has 0 saturated heterocycles. The summed E-state index contributed by atoms with van der Waals surface area (Å²) in [5, 5.41) is 12.8. The monoisotopic (exact) mass is 463 g/mol. The highest BCUT2D eigenvalue weighted by atomic mass is 16.3. The highest BCUT2D eigenvalue weighted by Crippen LogP contribution is 2.31. The summed E-state index contributed by atoms with van der Waals surface area (Å²) in [6, 6.07) is 0.136. The number of aryl methyl sites for hydroxylation is 2. The number of aliphatic hydroxyl groups excluding tert-OH is 1. The number of aliphatic imine (C=N–C) groups is 1. The number of nitrogens with zero attached hydrogens (tertiary/aromatic N) is 7. The van der Waals surface area contributed by atoms with Crippen molar-refractivity contribution >= 4 is 22.7 Å².